The van der Waals surface area contributed by atoms with Crippen LogP contribution in [-0.2, 0) is 9.59 Å². The van der Waals surface area contributed by atoms with Gasteiger partial charge in [-0.3, -0.25) is 9.59 Å². The van der Waals surface area contributed by atoms with Crippen molar-refractivity contribution in [3.63, 3.8) is 0 Å². The van der Waals surface area contributed by atoms with Crippen molar-refractivity contribution in [2.24, 2.45) is 5.92 Å². The predicted molar refractivity (Wildman–Crippen MR) is 112 cm³/mol. The Morgan fingerprint density at radius 2 is 1.52 bits per heavy atom. The molecule has 0 saturated heterocycles. The molecule has 2 amide bonds. The fourth-order valence-corrected chi connectivity index (χ4v) is 3.14. The Balaban J connectivity index is 2.51. The summed E-state index contributed by atoms with van der Waals surface area (Å²) in [6, 6.07) is 9.33. The summed E-state index contributed by atoms with van der Waals surface area (Å²) in [6.45, 7) is 8.24. The van der Waals surface area contributed by atoms with E-state index < -0.39 is 6.04 Å². The molecule has 2 N–H and O–H groups in total. The van der Waals surface area contributed by atoms with Crippen molar-refractivity contribution in [2.45, 2.75) is 91.1 Å². The van der Waals surface area contributed by atoms with E-state index in [1.54, 1.807) is 0 Å². The number of amides is 2. The Morgan fingerprint density at radius 1 is 0.889 bits per heavy atom. The van der Waals surface area contributed by atoms with E-state index in [0.717, 1.165) is 24.8 Å². The fraction of sp³-hybridized carbons (Fsp3) is 0.652. The van der Waals surface area contributed by atoms with Crippen LogP contribution in [0.2, 0.25) is 0 Å². The molecule has 0 fully saturated rings. The smallest absolute Gasteiger partial charge is 0.243 e. The lowest BCUT2D eigenvalue weighted by molar-refractivity contribution is -0.130. The highest BCUT2D eigenvalue weighted by molar-refractivity contribution is 5.88. The standard InChI is InChI=1S/C23H38N2O2/c1-5-7-8-9-10-14-17-21(26)25-22(18(3)6-2)23(27)24-19(4)20-15-12-11-13-16-20/h11-13,15-16,18-19,22H,5-10,14,17H2,1-4H3,(H,24,27)(H,25,26). The van der Waals surface area contributed by atoms with E-state index in [1.165, 1.54) is 25.7 Å². The van der Waals surface area contributed by atoms with Crippen molar-refractivity contribution in [3.05, 3.63) is 35.9 Å². The SMILES string of the molecule is CCCCCCCCC(=O)NC(C(=O)NC(C)c1ccccc1)C(C)CC. The van der Waals surface area contributed by atoms with Gasteiger partial charge in [-0.15, -0.1) is 0 Å². The largest absolute Gasteiger partial charge is 0.348 e. The topological polar surface area (TPSA) is 58.2 Å². The lowest BCUT2D eigenvalue weighted by Gasteiger charge is -2.25. The molecule has 0 aromatic heterocycles. The van der Waals surface area contributed by atoms with Crippen LogP contribution < -0.4 is 10.6 Å². The Bertz CT molecular complexity index is 545. The van der Waals surface area contributed by atoms with Crippen LogP contribution in [-0.4, -0.2) is 17.9 Å². The van der Waals surface area contributed by atoms with E-state index in [2.05, 4.69) is 17.6 Å². The van der Waals surface area contributed by atoms with Crippen LogP contribution >= 0.6 is 0 Å². The number of carbonyl (C=O) groups is 2. The number of unbranched alkanes of at least 4 members (excludes halogenated alkanes) is 5. The second-order valence-electron chi connectivity index (χ2n) is 7.59. The number of carbonyl (C=O) groups excluding carboxylic acids is 2. The zero-order valence-corrected chi connectivity index (χ0v) is 17.6. The van der Waals surface area contributed by atoms with Gasteiger partial charge in [0.25, 0.3) is 0 Å². The third-order valence-electron chi connectivity index (χ3n) is 5.23. The number of nitrogens with one attached hydrogen (secondary N) is 2. The molecule has 0 bridgehead atoms. The molecule has 1 aromatic rings. The maximum atomic E-state index is 12.8. The third kappa shape index (κ3) is 9.07. The average Bonchev–Trinajstić information content (AvgIpc) is 2.68. The maximum Gasteiger partial charge on any atom is 0.243 e. The van der Waals surface area contributed by atoms with Crippen LogP contribution in [0.3, 0.4) is 0 Å². The molecule has 0 aliphatic rings. The molecule has 0 spiro atoms. The monoisotopic (exact) mass is 374 g/mol. The van der Waals surface area contributed by atoms with Gasteiger partial charge in [-0.05, 0) is 24.8 Å². The van der Waals surface area contributed by atoms with Crippen LogP contribution in [0.25, 0.3) is 0 Å². The van der Waals surface area contributed by atoms with Crippen LogP contribution in [0.5, 0.6) is 0 Å². The molecule has 3 atom stereocenters. The highest BCUT2D eigenvalue weighted by Crippen LogP contribution is 2.14. The van der Waals surface area contributed by atoms with E-state index in [1.807, 2.05) is 51.1 Å². The van der Waals surface area contributed by atoms with Gasteiger partial charge in [0.05, 0.1) is 6.04 Å². The van der Waals surface area contributed by atoms with Gasteiger partial charge < -0.3 is 10.6 Å². The lowest BCUT2D eigenvalue weighted by atomic mass is 9.97. The average molecular weight is 375 g/mol. The fourth-order valence-electron chi connectivity index (χ4n) is 3.14. The molecule has 0 aliphatic heterocycles. The summed E-state index contributed by atoms with van der Waals surface area (Å²) < 4.78 is 0. The summed E-state index contributed by atoms with van der Waals surface area (Å²) in [6.07, 6.45) is 8.24. The van der Waals surface area contributed by atoms with Crippen LogP contribution in [0.4, 0.5) is 0 Å². The van der Waals surface area contributed by atoms with Gasteiger partial charge in [-0.2, -0.15) is 0 Å². The summed E-state index contributed by atoms with van der Waals surface area (Å²) in [5.74, 6) is -0.0169. The second-order valence-corrected chi connectivity index (χ2v) is 7.59. The highest BCUT2D eigenvalue weighted by atomic mass is 16.2. The molecular formula is C23H38N2O2. The van der Waals surface area contributed by atoms with Crippen LogP contribution in [0.1, 0.15) is 90.7 Å². The van der Waals surface area contributed by atoms with Crippen molar-refractivity contribution < 1.29 is 9.59 Å². The first-order valence-corrected chi connectivity index (χ1v) is 10.6. The summed E-state index contributed by atoms with van der Waals surface area (Å²) in [4.78, 5) is 25.1. The van der Waals surface area contributed by atoms with Crippen molar-refractivity contribution in [3.8, 4) is 0 Å². The van der Waals surface area contributed by atoms with E-state index >= 15 is 0 Å². The van der Waals surface area contributed by atoms with E-state index in [-0.39, 0.29) is 23.8 Å². The Morgan fingerprint density at radius 3 is 2.15 bits per heavy atom. The first-order chi connectivity index (χ1) is 13.0. The van der Waals surface area contributed by atoms with Gasteiger partial charge in [-0.1, -0.05) is 89.6 Å². The quantitative estimate of drug-likeness (QED) is 0.469. The van der Waals surface area contributed by atoms with Gasteiger partial charge >= 0.3 is 0 Å². The van der Waals surface area contributed by atoms with Gasteiger partial charge in [0, 0.05) is 6.42 Å². The van der Waals surface area contributed by atoms with Gasteiger partial charge in [0.15, 0.2) is 0 Å². The minimum Gasteiger partial charge on any atom is -0.348 e. The highest BCUT2D eigenvalue weighted by Gasteiger charge is 2.26. The molecule has 27 heavy (non-hydrogen) atoms. The Hall–Kier alpha value is -1.84. The zero-order valence-electron chi connectivity index (χ0n) is 17.6. The van der Waals surface area contributed by atoms with Crippen molar-refractivity contribution in [2.75, 3.05) is 0 Å². The maximum absolute atomic E-state index is 12.8. The summed E-state index contributed by atoms with van der Waals surface area (Å²) in [7, 11) is 0. The first-order valence-electron chi connectivity index (χ1n) is 10.6. The molecule has 152 valence electrons. The van der Waals surface area contributed by atoms with Crippen molar-refractivity contribution >= 4 is 11.8 Å². The molecule has 3 unspecified atom stereocenters. The molecule has 1 aromatic carbocycles. The molecule has 0 saturated carbocycles. The molecule has 4 heteroatoms. The van der Waals surface area contributed by atoms with Crippen molar-refractivity contribution in [1.29, 1.82) is 0 Å². The normalized spacial score (nSPS) is 14.2. The third-order valence-corrected chi connectivity index (χ3v) is 5.23. The molecule has 0 radical (unpaired) electrons. The Kier molecular flexibility index (Phi) is 11.5. The minimum atomic E-state index is -0.478. The molecule has 0 aliphatic carbocycles. The van der Waals surface area contributed by atoms with E-state index in [0.29, 0.717) is 6.42 Å². The number of benzene rings is 1. The van der Waals surface area contributed by atoms with Crippen LogP contribution in [0.15, 0.2) is 30.3 Å². The molecule has 0 heterocycles. The number of rotatable bonds is 13. The molecule has 1 rings (SSSR count). The number of hydrogen-bond acceptors (Lipinski definition) is 2. The predicted octanol–water partition coefficient (Wildman–Crippen LogP) is 5.15. The summed E-state index contributed by atoms with van der Waals surface area (Å²) in [5.41, 5.74) is 1.06. The summed E-state index contributed by atoms with van der Waals surface area (Å²) >= 11 is 0. The zero-order chi connectivity index (χ0) is 20.1. The van der Waals surface area contributed by atoms with E-state index in [4.69, 9.17) is 0 Å². The first kappa shape index (κ1) is 23.2. The summed E-state index contributed by atoms with van der Waals surface area (Å²) in [5, 5.41) is 6.03. The van der Waals surface area contributed by atoms with Gasteiger partial charge in [0.1, 0.15) is 6.04 Å². The lowest BCUT2D eigenvalue weighted by Crippen LogP contribution is -2.50. The second kappa shape index (κ2) is 13.3. The molecular weight excluding hydrogens is 336 g/mol. The van der Waals surface area contributed by atoms with E-state index in [9.17, 15) is 9.59 Å². The molecule has 4 nitrogen and oxygen atoms in total. The Labute approximate surface area is 165 Å². The van der Waals surface area contributed by atoms with Crippen molar-refractivity contribution in [1.82, 2.24) is 10.6 Å². The minimum absolute atomic E-state index is 0.0155. The number of hydrogen-bond donors (Lipinski definition) is 2. The van der Waals surface area contributed by atoms with Gasteiger partial charge in [0.2, 0.25) is 11.8 Å². The van der Waals surface area contributed by atoms with Crippen LogP contribution in [0, 0.1) is 5.92 Å². The van der Waals surface area contributed by atoms with Gasteiger partial charge in [-0.25, -0.2) is 0 Å².